The molecule has 9 aromatic carbocycles. The first kappa shape index (κ1) is 49.3. The second kappa shape index (κ2) is 21.5. The van der Waals surface area contributed by atoms with Crippen molar-refractivity contribution in [3.8, 4) is 39.1 Å². The van der Waals surface area contributed by atoms with E-state index in [-0.39, 0.29) is 5.41 Å². The number of hydrogen-bond donors (Lipinski definition) is 0. The van der Waals surface area contributed by atoms with E-state index in [4.69, 9.17) is 4.42 Å². The minimum atomic E-state index is 0.0492. The van der Waals surface area contributed by atoms with Crippen molar-refractivity contribution in [1.82, 2.24) is 4.57 Å². The van der Waals surface area contributed by atoms with Crippen molar-refractivity contribution in [1.29, 1.82) is 0 Å². The van der Waals surface area contributed by atoms with Gasteiger partial charge in [-0.1, -0.05) is 211 Å². The third-order valence-electron chi connectivity index (χ3n) is 16.9. The molecule has 76 heavy (non-hydrogen) atoms. The molecular weight excluding hydrogens is 921 g/mol. The second-order valence-corrected chi connectivity index (χ2v) is 22.1. The first-order chi connectivity index (χ1) is 37.4. The second-order valence-electron chi connectivity index (χ2n) is 22.1. The molecule has 0 saturated carbocycles. The fraction of sp³-hybridized carbons (Fsp3) is 0.260. The number of unbranched alkanes of at least 4 members (excludes halogenated alkanes) is 10. The van der Waals surface area contributed by atoms with Crippen LogP contribution in [0.1, 0.15) is 126 Å². The summed E-state index contributed by atoms with van der Waals surface area (Å²) < 4.78 is 8.62. The van der Waals surface area contributed by atoms with Crippen molar-refractivity contribution in [2.24, 2.45) is 0 Å². The van der Waals surface area contributed by atoms with Gasteiger partial charge in [0.05, 0.1) is 11.0 Å². The molecule has 3 heteroatoms. The Morgan fingerprint density at radius 2 is 0.882 bits per heavy atom. The first-order valence-corrected chi connectivity index (χ1v) is 28.7. The maximum absolute atomic E-state index is 6.22. The first-order valence-electron chi connectivity index (χ1n) is 28.7. The summed E-state index contributed by atoms with van der Waals surface area (Å²) in [5.74, 6) is 0. The van der Waals surface area contributed by atoms with Gasteiger partial charge in [-0.2, -0.15) is 0 Å². The number of fused-ring (bicyclic) bond motifs is 9. The number of benzene rings is 9. The smallest absolute Gasteiger partial charge is 0.135 e. The number of rotatable bonds is 20. The average molecular weight is 993 g/mol. The summed E-state index contributed by atoms with van der Waals surface area (Å²) >= 11 is 0. The van der Waals surface area contributed by atoms with Gasteiger partial charge in [-0.25, -0.2) is 0 Å². The quantitative estimate of drug-likeness (QED) is 0.0710. The Morgan fingerprint density at radius 1 is 0.382 bits per heavy atom. The fourth-order valence-electron chi connectivity index (χ4n) is 12.9. The van der Waals surface area contributed by atoms with Gasteiger partial charge in [0.25, 0.3) is 0 Å². The largest absolute Gasteiger partial charge is 0.456 e. The van der Waals surface area contributed by atoms with E-state index < -0.39 is 0 Å². The van der Waals surface area contributed by atoms with E-state index in [1.807, 2.05) is 12.1 Å². The van der Waals surface area contributed by atoms with Gasteiger partial charge >= 0.3 is 0 Å². The van der Waals surface area contributed by atoms with E-state index in [2.05, 4.69) is 219 Å². The summed E-state index contributed by atoms with van der Waals surface area (Å²) in [6.07, 6.45) is 18.4. The molecule has 1 aliphatic carbocycles. The normalized spacial score (nSPS) is 12.8. The van der Waals surface area contributed by atoms with Crippen LogP contribution >= 0.6 is 0 Å². The van der Waals surface area contributed by atoms with Gasteiger partial charge in [0.2, 0.25) is 0 Å². The van der Waals surface area contributed by atoms with E-state index in [9.17, 15) is 0 Å². The lowest BCUT2D eigenvalue weighted by Gasteiger charge is -2.33. The molecule has 0 radical (unpaired) electrons. The highest BCUT2D eigenvalue weighted by Crippen LogP contribution is 2.55. The maximum Gasteiger partial charge on any atom is 0.135 e. The SMILES string of the molecule is CCCCCCCCC1(CCCCCCCC)c2cc(C)ccc2-c2ccc(-c3ccc(N(c4ccc(C)cc4)c4ccc(-c5ccc6c(c5)c5ccccc5n6-c5ccc6oc7ccccc7c6c5)cc4)cc3)cc21. The molecule has 0 N–H and O–H groups in total. The number of aryl methyl sites for hydroxylation is 2. The van der Waals surface area contributed by atoms with Crippen molar-refractivity contribution < 1.29 is 4.42 Å². The molecule has 0 unspecified atom stereocenters. The summed E-state index contributed by atoms with van der Waals surface area (Å²) in [5.41, 5.74) is 22.4. The predicted octanol–water partition coefficient (Wildman–Crippen LogP) is 21.9. The third kappa shape index (κ3) is 9.33. The van der Waals surface area contributed by atoms with Gasteiger partial charge in [-0.3, -0.25) is 0 Å². The Morgan fingerprint density at radius 3 is 1.55 bits per heavy atom. The highest BCUT2D eigenvalue weighted by atomic mass is 16.3. The van der Waals surface area contributed by atoms with Crippen LogP contribution in [0.5, 0.6) is 0 Å². The van der Waals surface area contributed by atoms with Crippen molar-refractivity contribution >= 4 is 60.8 Å². The molecule has 3 nitrogen and oxygen atoms in total. The molecule has 0 spiro atoms. The highest BCUT2D eigenvalue weighted by Gasteiger charge is 2.42. The summed E-state index contributed by atoms with van der Waals surface area (Å²) in [5, 5.41) is 4.74. The van der Waals surface area contributed by atoms with Gasteiger partial charge in [-0.05, 0) is 156 Å². The Hall–Kier alpha value is -7.62. The molecule has 0 aliphatic heterocycles. The van der Waals surface area contributed by atoms with E-state index in [0.29, 0.717) is 0 Å². The summed E-state index contributed by atoms with van der Waals surface area (Å²) in [6.45, 7) is 9.10. The van der Waals surface area contributed by atoms with Crippen LogP contribution in [0.15, 0.2) is 199 Å². The van der Waals surface area contributed by atoms with Crippen molar-refractivity contribution in [2.45, 2.75) is 123 Å². The Labute approximate surface area is 450 Å². The van der Waals surface area contributed by atoms with Gasteiger partial charge in [-0.15, -0.1) is 0 Å². The molecule has 380 valence electrons. The Bertz CT molecular complexity index is 3800. The number of para-hydroxylation sites is 2. The number of aromatic nitrogens is 1. The molecule has 0 bridgehead atoms. The standard InChI is InChI=1S/C73H72N2O/c1-5-7-9-11-13-19-45-73(46-20-14-12-10-8-6-2)67-47-52(4)27-41-61(67)62-42-32-56(49-68(62)73)54-30-38-59(39-31-54)74(57-34-25-51(3)26-35-57)58-36-28-53(29-37-58)55-33-43-70-65(48-55)63-21-15-17-23-69(63)75(70)60-40-44-72-66(50-60)64-22-16-18-24-71(64)76-72/h15-18,21-44,47-50H,5-14,19-20,45-46H2,1-4H3. The lowest BCUT2D eigenvalue weighted by atomic mass is 9.70. The lowest BCUT2D eigenvalue weighted by molar-refractivity contribution is 0.398. The molecule has 12 rings (SSSR count). The maximum atomic E-state index is 6.22. The van der Waals surface area contributed by atoms with Crippen LogP contribution in [-0.2, 0) is 5.41 Å². The zero-order chi connectivity index (χ0) is 51.6. The van der Waals surface area contributed by atoms with Gasteiger partial charge in [0, 0.05) is 49.7 Å². The van der Waals surface area contributed by atoms with Crippen LogP contribution in [0.25, 0.3) is 82.8 Å². The lowest BCUT2D eigenvalue weighted by Crippen LogP contribution is -2.25. The van der Waals surface area contributed by atoms with E-state index >= 15 is 0 Å². The topological polar surface area (TPSA) is 21.3 Å². The monoisotopic (exact) mass is 993 g/mol. The van der Waals surface area contributed by atoms with Gasteiger partial charge in [0.15, 0.2) is 0 Å². The van der Waals surface area contributed by atoms with Crippen LogP contribution in [0.2, 0.25) is 0 Å². The zero-order valence-electron chi connectivity index (χ0n) is 45.2. The Balaban J connectivity index is 0.858. The zero-order valence-corrected chi connectivity index (χ0v) is 45.2. The van der Waals surface area contributed by atoms with Crippen LogP contribution in [-0.4, -0.2) is 4.57 Å². The fourth-order valence-corrected chi connectivity index (χ4v) is 12.9. The molecule has 0 amide bonds. The molecular formula is C73H72N2O. The van der Waals surface area contributed by atoms with Crippen LogP contribution in [0, 0.1) is 13.8 Å². The molecule has 2 heterocycles. The van der Waals surface area contributed by atoms with Gasteiger partial charge in [0.1, 0.15) is 11.2 Å². The number of anilines is 3. The van der Waals surface area contributed by atoms with Crippen molar-refractivity contribution in [3.63, 3.8) is 0 Å². The molecule has 0 fully saturated rings. The number of hydrogen-bond acceptors (Lipinski definition) is 2. The average Bonchev–Trinajstić information content (AvgIpc) is 4.19. The van der Waals surface area contributed by atoms with Crippen LogP contribution in [0.4, 0.5) is 17.1 Å². The summed E-state index contributed by atoms with van der Waals surface area (Å²) in [7, 11) is 0. The number of nitrogens with zero attached hydrogens (tertiary/aromatic N) is 2. The Kier molecular flexibility index (Phi) is 14.0. The highest BCUT2D eigenvalue weighted by molar-refractivity contribution is 6.11. The minimum Gasteiger partial charge on any atom is -0.456 e. The molecule has 0 atom stereocenters. The minimum absolute atomic E-state index is 0.0492. The van der Waals surface area contributed by atoms with Crippen molar-refractivity contribution in [2.75, 3.05) is 4.90 Å². The van der Waals surface area contributed by atoms with E-state index in [0.717, 1.165) is 44.7 Å². The van der Waals surface area contributed by atoms with Crippen LogP contribution in [0.3, 0.4) is 0 Å². The van der Waals surface area contributed by atoms with E-state index in [1.165, 1.54) is 156 Å². The van der Waals surface area contributed by atoms with E-state index in [1.54, 1.807) is 11.1 Å². The third-order valence-corrected chi connectivity index (χ3v) is 16.9. The van der Waals surface area contributed by atoms with Crippen LogP contribution < -0.4 is 4.90 Å². The predicted molar refractivity (Wildman–Crippen MR) is 325 cm³/mol. The molecule has 0 saturated heterocycles. The molecule has 11 aromatic rings. The summed E-state index contributed by atoms with van der Waals surface area (Å²) in [6, 6.07) is 72.8. The molecule has 1 aliphatic rings. The van der Waals surface area contributed by atoms with Crippen molar-refractivity contribution in [3.05, 3.63) is 216 Å². The summed E-state index contributed by atoms with van der Waals surface area (Å²) in [4.78, 5) is 2.40. The number of furan rings is 1. The van der Waals surface area contributed by atoms with Gasteiger partial charge < -0.3 is 13.9 Å². The molecule has 2 aromatic heterocycles.